The fourth-order valence-corrected chi connectivity index (χ4v) is 3.27. The molecule has 2 aliphatic carbocycles. The predicted molar refractivity (Wildman–Crippen MR) is 80.6 cm³/mol. The average molecular weight is 333 g/mol. The van der Waals surface area contributed by atoms with Crippen LogP contribution in [0.4, 0.5) is 13.6 Å². The largest absolute Gasteiger partial charge is 0.480 e. The molecule has 2 aliphatic rings. The number of carbonyl (C=O) groups excluding carboxylic acids is 1. The molecule has 0 atom stereocenters. The normalized spacial score (nSPS) is 27.3. The first-order valence-corrected chi connectivity index (χ1v) is 8.20. The lowest BCUT2D eigenvalue weighted by Crippen LogP contribution is -2.57. The molecule has 0 aromatic rings. The Morgan fingerprint density at radius 1 is 1.17 bits per heavy atom. The standard InChI is InChI=1S/C15H25F2N3O3/c1-2-20(9-13(21)22)12-7-11(8-12)19-14(23)18-10-3-5-15(16,17)6-4-10/h10-12H,2-9H2,1H3,(H,21,22)(H2,18,19,23). The number of likely N-dealkylation sites (N-methyl/N-ethyl adjacent to an activating group) is 1. The van der Waals surface area contributed by atoms with E-state index < -0.39 is 11.9 Å². The van der Waals surface area contributed by atoms with Crippen molar-refractivity contribution in [2.75, 3.05) is 13.1 Å². The number of amides is 2. The van der Waals surface area contributed by atoms with Gasteiger partial charge in [0, 0.05) is 31.0 Å². The van der Waals surface area contributed by atoms with Crippen LogP contribution in [-0.2, 0) is 4.79 Å². The predicted octanol–water partition coefficient (Wildman–Crippen LogP) is 1.80. The van der Waals surface area contributed by atoms with Gasteiger partial charge < -0.3 is 15.7 Å². The molecule has 0 aromatic carbocycles. The highest BCUT2D eigenvalue weighted by molar-refractivity contribution is 5.74. The van der Waals surface area contributed by atoms with Crippen LogP contribution in [0.2, 0.25) is 0 Å². The first kappa shape index (κ1) is 17.9. The van der Waals surface area contributed by atoms with Gasteiger partial charge in [0.05, 0.1) is 6.54 Å². The molecule has 3 N–H and O–H groups in total. The van der Waals surface area contributed by atoms with Crippen LogP contribution in [0.3, 0.4) is 0 Å². The Balaban J connectivity index is 1.65. The maximum atomic E-state index is 13.1. The van der Waals surface area contributed by atoms with Crippen molar-refractivity contribution >= 4 is 12.0 Å². The Labute approximate surface area is 134 Å². The molecular weight excluding hydrogens is 308 g/mol. The van der Waals surface area contributed by atoms with E-state index in [1.807, 2.05) is 11.8 Å². The zero-order valence-corrected chi connectivity index (χ0v) is 13.4. The molecule has 2 rings (SSSR count). The molecule has 6 nitrogen and oxygen atoms in total. The monoisotopic (exact) mass is 333 g/mol. The van der Waals surface area contributed by atoms with Crippen LogP contribution < -0.4 is 10.6 Å². The number of carboxylic acids is 1. The molecule has 0 aliphatic heterocycles. The van der Waals surface area contributed by atoms with Crippen LogP contribution in [0.25, 0.3) is 0 Å². The van der Waals surface area contributed by atoms with Gasteiger partial charge in [-0.2, -0.15) is 0 Å². The molecule has 0 spiro atoms. The topological polar surface area (TPSA) is 81.7 Å². The smallest absolute Gasteiger partial charge is 0.317 e. The van der Waals surface area contributed by atoms with E-state index in [-0.39, 0.29) is 43.5 Å². The quantitative estimate of drug-likeness (QED) is 0.692. The maximum absolute atomic E-state index is 13.1. The second-order valence-electron chi connectivity index (χ2n) is 6.53. The Bertz CT molecular complexity index is 432. The minimum absolute atomic E-state index is 0.0103. The summed E-state index contributed by atoms with van der Waals surface area (Å²) >= 11 is 0. The number of urea groups is 1. The summed E-state index contributed by atoms with van der Waals surface area (Å²) in [5, 5.41) is 14.4. The third-order valence-corrected chi connectivity index (χ3v) is 4.76. The fourth-order valence-electron chi connectivity index (χ4n) is 3.27. The number of hydrogen-bond acceptors (Lipinski definition) is 3. The Morgan fingerprint density at radius 3 is 2.26 bits per heavy atom. The van der Waals surface area contributed by atoms with E-state index in [1.54, 1.807) is 0 Å². The molecular formula is C15H25F2N3O3. The average Bonchev–Trinajstić information content (AvgIpc) is 2.42. The fraction of sp³-hybridized carbons (Fsp3) is 0.867. The summed E-state index contributed by atoms with van der Waals surface area (Å²) < 4.78 is 26.1. The highest BCUT2D eigenvalue weighted by atomic mass is 19.3. The van der Waals surface area contributed by atoms with Crippen molar-refractivity contribution in [1.82, 2.24) is 15.5 Å². The summed E-state index contributed by atoms with van der Waals surface area (Å²) in [4.78, 5) is 24.5. The van der Waals surface area contributed by atoms with E-state index in [1.165, 1.54) is 0 Å². The number of rotatable bonds is 6. The zero-order valence-electron chi connectivity index (χ0n) is 13.4. The Morgan fingerprint density at radius 2 is 1.74 bits per heavy atom. The molecule has 2 fully saturated rings. The van der Waals surface area contributed by atoms with Crippen LogP contribution in [0.15, 0.2) is 0 Å². The van der Waals surface area contributed by atoms with Crippen LogP contribution >= 0.6 is 0 Å². The molecule has 0 radical (unpaired) electrons. The number of nitrogens with one attached hydrogen (secondary N) is 2. The second kappa shape index (κ2) is 7.42. The molecule has 0 saturated heterocycles. The minimum Gasteiger partial charge on any atom is -0.480 e. The number of carboxylic acid groups (broad SMARTS) is 1. The summed E-state index contributed by atoms with van der Waals surface area (Å²) in [6.45, 7) is 2.58. The van der Waals surface area contributed by atoms with Gasteiger partial charge in [-0.25, -0.2) is 13.6 Å². The maximum Gasteiger partial charge on any atom is 0.317 e. The molecule has 0 unspecified atom stereocenters. The lowest BCUT2D eigenvalue weighted by molar-refractivity contribution is -0.139. The van der Waals surface area contributed by atoms with Gasteiger partial charge in [0.1, 0.15) is 0 Å². The van der Waals surface area contributed by atoms with Gasteiger partial charge in [0.15, 0.2) is 0 Å². The minimum atomic E-state index is -2.59. The van der Waals surface area contributed by atoms with Crippen molar-refractivity contribution in [2.24, 2.45) is 0 Å². The molecule has 0 bridgehead atoms. The first-order chi connectivity index (χ1) is 10.8. The van der Waals surface area contributed by atoms with Crippen LogP contribution in [0, 0.1) is 0 Å². The molecule has 0 aromatic heterocycles. The number of halogens is 2. The van der Waals surface area contributed by atoms with Crippen molar-refractivity contribution < 1.29 is 23.5 Å². The van der Waals surface area contributed by atoms with Crippen molar-refractivity contribution in [3.05, 3.63) is 0 Å². The van der Waals surface area contributed by atoms with E-state index in [2.05, 4.69) is 10.6 Å². The number of aliphatic carboxylic acids is 1. The summed E-state index contributed by atoms with van der Waals surface area (Å²) in [5.74, 6) is -3.45. The highest BCUT2D eigenvalue weighted by Gasteiger charge is 2.37. The summed E-state index contributed by atoms with van der Waals surface area (Å²) in [5.41, 5.74) is 0. The summed E-state index contributed by atoms with van der Waals surface area (Å²) in [6.07, 6.45) is 1.69. The van der Waals surface area contributed by atoms with E-state index in [4.69, 9.17) is 5.11 Å². The third-order valence-electron chi connectivity index (χ3n) is 4.76. The summed E-state index contributed by atoms with van der Waals surface area (Å²) in [7, 11) is 0. The Hall–Kier alpha value is -1.44. The second-order valence-corrected chi connectivity index (χ2v) is 6.53. The molecule has 2 amide bonds. The van der Waals surface area contributed by atoms with Gasteiger partial charge in [-0.05, 0) is 32.2 Å². The molecule has 23 heavy (non-hydrogen) atoms. The lowest BCUT2D eigenvalue weighted by atomic mass is 9.85. The molecule has 0 heterocycles. The van der Waals surface area contributed by atoms with E-state index in [0.717, 1.165) is 12.8 Å². The SMILES string of the molecule is CCN(CC(=O)O)C1CC(NC(=O)NC2CCC(F)(F)CC2)C1. The van der Waals surface area contributed by atoms with Gasteiger partial charge in [0.2, 0.25) is 5.92 Å². The van der Waals surface area contributed by atoms with Crippen LogP contribution in [-0.4, -0.2) is 59.1 Å². The molecule has 8 heteroatoms. The van der Waals surface area contributed by atoms with E-state index in [9.17, 15) is 18.4 Å². The van der Waals surface area contributed by atoms with Crippen molar-refractivity contribution in [1.29, 1.82) is 0 Å². The van der Waals surface area contributed by atoms with Crippen molar-refractivity contribution in [2.45, 2.75) is 69.5 Å². The molecule has 2 saturated carbocycles. The van der Waals surface area contributed by atoms with Crippen molar-refractivity contribution in [3.8, 4) is 0 Å². The van der Waals surface area contributed by atoms with Crippen LogP contribution in [0.1, 0.15) is 45.4 Å². The molecule has 132 valence electrons. The van der Waals surface area contributed by atoms with Crippen molar-refractivity contribution in [3.63, 3.8) is 0 Å². The number of carbonyl (C=O) groups is 2. The first-order valence-electron chi connectivity index (χ1n) is 8.20. The van der Waals surface area contributed by atoms with Gasteiger partial charge in [-0.1, -0.05) is 6.92 Å². The van der Waals surface area contributed by atoms with Gasteiger partial charge >= 0.3 is 12.0 Å². The van der Waals surface area contributed by atoms with Gasteiger partial charge in [-0.3, -0.25) is 9.69 Å². The summed E-state index contributed by atoms with van der Waals surface area (Å²) in [6, 6.07) is -0.308. The number of hydrogen-bond donors (Lipinski definition) is 3. The van der Waals surface area contributed by atoms with E-state index in [0.29, 0.717) is 19.4 Å². The Kier molecular flexibility index (Phi) is 5.78. The zero-order chi connectivity index (χ0) is 17.0. The van der Waals surface area contributed by atoms with Gasteiger partial charge in [-0.15, -0.1) is 0 Å². The number of nitrogens with zero attached hydrogens (tertiary/aromatic N) is 1. The van der Waals surface area contributed by atoms with Crippen LogP contribution in [0.5, 0.6) is 0 Å². The number of alkyl halides is 2. The third kappa shape index (κ3) is 5.30. The highest BCUT2D eigenvalue weighted by Crippen LogP contribution is 2.33. The van der Waals surface area contributed by atoms with E-state index >= 15 is 0 Å². The lowest BCUT2D eigenvalue weighted by Gasteiger charge is -2.42. The van der Waals surface area contributed by atoms with Gasteiger partial charge in [0.25, 0.3) is 0 Å².